The predicted molar refractivity (Wildman–Crippen MR) is 102 cm³/mol. The first-order valence-electron chi connectivity index (χ1n) is 8.52. The summed E-state index contributed by atoms with van der Waals surface area (Å²) in [6.07, 6.45) is 1.44. The van der Waals surface area contributed by atoms with Gasteiger partial charge in [-0.2, -0.15) is 5.10 Å². The Bertz CT molecular complexity index is 1060. The van der Waals surface area contributed by atoms with Crippen molar-refractivity contribution >= 4 is 17.5 Å². The van der Waals surface area contributed by atoms with Crippen molar-refractivity contribution in [2.45, 2.75) is 0 Å². The molecule has 0 fully saturated rings. The van der Waals surface area contributed by atoms with E-state index < -0.39 is 17.5 Å². The largest absolute Gasteiger partial charge is 0.322 e. The van der Waals surface area contributed by atoms with Crippen LogP contribution in [0, 0.1) is 11.6 Å². The quantitative estimate of drug-likeness (QED) is 0.667. The number of halogens is 2. The number of nitrogens with zero attached hydrogens (tertiary/aromatic N) is 3. The van der Waals surface area contributed by atoms with Crippen molar-refractivity contribution in [2.75, 3.05) is 19.5 Å². The molecule has 0 saturated carbocycles. The Hall–Kier alpha value is -3.59. The molecule has 0 atom stereocenters. The van der Waals surface area contributed by atoms with E-state index >= 15 is 0 Å². The molecule has 1 N–H and O–H groups in total. The molecule has 0 aliphatic carbocycles. The number of carbonyl (C=O) groups is 2. The van der Waals surface area contributed by atoms with E-state index in [1.807, 2.05) is 0 Å². The van der Waals surface area contributed by atoms with Crippen molar-refractivity contribution in [3.05, 3.63) is 71.4 Å². The van der Waals surface area contributed by atoms with Crippen molar-refractivity contribution in [1.29, 1.82) is 0 Å². The Kier molecular flexibility index (Phi) is 5.69. The number of anilines is 1. The molecule has 3 rings (SSSR count). The fourth-order valence-corrected chi connectivity index (χ4v) is 2.69. The van der Waals surface area contributed by atoms with Crippen LogP contribution in [0.25, 0.3) is 11.3 Å². The number of hydrogen-bond acceptors (Lipinski definition) is 4. The lowest BCUT2D eigenvalue weighted by atomic mass is 10.1. The molecule has 0 radical (unpaired) electrons. The number of benzene rings is 2. The van der Waals surface area contributed by atoms with Crippen LogP contribution in [-0.2, 0) is 11.9 Å². The number of carbonyl (C=O) groups excluding carboxylic acids is 2. The lowest BCUT2D eigenvalue weighted by Gasteiger charge is -2.13. The molecule has 3 aromatic rings. The second-order valence-corrected chi connectivity index (χ2v) is 6.21. The van der Waals surface area contributed by atoms with E-state index in [9.17, 15) is 18.4 Å². The number of rotatable bonds is 5. The Morgan fingerprint density at radius 1 is 1.14 bits per heavy atom. The molecule has 150 valence electrons. The van der Waals surface area contributed by atoms with E-state index in [-0.39, 0.29) is 22.7 Å². The molecule has 9 heteroatoms. The maximum absolute atomic E-state index is 14.2. The molecule has 0 spiro atoms. The van der Waals surface area contributed by atoms with Gasteiger partial charge in [-0.15, -0.1) is 0 Å². The number of amides is 2. The molecular weight excluding hydrogens is 382 g/mol. The maximum atomic E-state index is 14.2. The van der Waals surface area contributed by atoms with Crippen LogP contribution in [0.4, 0.5) is 14.5 Å². The van der Waals surface area contributed by atoms with Gasteiger partial charge in [0.1, 0.15) is 17.3 Å². The van der Waals surface area contributed by atoms with Crippen molar-refractivity contribution in [3.8, 4) is 11.3 Å². The first kappa shape index (κ1) is 20.2. The fourth-order valence-electron chi connectivity index (χ4n) is 2.69. The van der Waals surface area contributed by atoms with Gasteiger partial charge in [0.05, 0.1) is 12.7 Å². The highest BCUT2D eigenvalue weighted by Gasteiger charge is 2.20. The van der Waals surface area contributed by atoms with Crippen LogP contribution in [-0.4, -0.2) is 40.8 Å². The summed E-state index contributed by atoms with van der Waals surface area (Å²) in [7, 11) is 4.45. The third-order valence-electron chi connectivity index (χ3n) is 4.21. The molecule has 0 aliphatic rings. The van der Waals surface area contributed by atoms with Crippen LogP contribution in [0.2, 0.25) is 0 Å². The minimum Gasteiger partial charge on any atom is -0.322 e. The normalized spacial score (nSPS) is 10.7. The number of aromatic nitrogens is 2. The summed E-state index contributed by atoms with van der Waals surface area (Å²) < 4.78 is 28.7. The van der Waals surface area contributed by atoms with Crippen molar-refractivity contribution < 1.29 is 23.2 Å². The van der Waals surface area contributed by atoms with Gasteiger partial charge in [-0.1, -0.05) is 0 Å². The third kappa shape index (κ3) is 4.30. The number of hydrogen-bond donors (Lipinski definition) is 1. The van der Waals surface area contributed by atoms with Gasteiger partial charge in [-0.3, -0.25) is 19.1 Å². The zero-order valence-corrected chi connectivity index (χ0v) is 15.9. The van der Waals surface area contributed by atoms with Gasteiger partial charge in [-0.25, -0.2) is 13.8 Å². The number of aryl methyl sites for hydroxylation is 1. The van der Waals surface area contributed by atoms with Gasteiger partial charge in [-0.05, 0) is 36.4 Å². The zero-order valence-electron chi connectivity index (χ0n) is 15.9. The first-order valence-corrected chi connectivity index (χ1v) is 8.52. The molecule has 1 aromatic heterocycles. The molecule has 2 amide bonds. The average molecular weight is 400 g/mol. The average Bonchev–Trinajstić information content (AvgIpc) is 3.09. The van der Waals surface area contributed by atoms with E-state index in [0.29, 0.717) is 11.3 Å². The Morgan fingerprint density at radius 3 is 2.45 bits per heavy atom. The fraction of sp³-hybridized carbons (Fsp3) is 0.150. The standard InChI is InChI=1S/C20H18F2N4O3/c1-25-11-16(18(24-25)15-9-6-13(21)10-17(15)22)19(27)23-14-7-4-12(5-8-14)20(28)26(2)29-3/h4-11H,1-3H3,(H,23,27). The van der Waals surface area contributed by atoms with Crippen molar-refractivity contribution in [3.63, 3.8) is 0 Å². The van der Waals surface area contributed by atoms with Crippen LogP contribution in [0.1, 0.15) is 20.7 Å². The monoisotopic (exact) mass is 400 g/mol. The highest BCUT2D eigenvalue weighted by Crippen LogP contribution is 2.26. The van der Waals surface area contributed by atoms with Gasteiger partial charge >= 0.3 is 0 Å². The van der Waals surface area contributed by atoms with Crippen LogP contribution >= 0.6 is 0 Å². The molecule has 2 aromatic carbocycles. The smallest absolute Gasteiger partial charge is 0.277 e. The van der Waals surface area contributed by atoms with Gasteiger partial charge in [0, 0.05) is 43.2 Å². The number of nitrogens with one attached hydrogen (secondary N) is 1. The SMILES string of the molecule is CON(C)C(=O)c1ccc(NC(=O)c2cn(C)nc2-c2ccc(F)cc2F)cc1. The molecule has 1 heterocycles. The molecule has 0 saturated heterocycles. The van der Waals surface area contributed by atoms with E-state index in [0.717, 1.165) is 17.2 Å². The lowest BCUT2D eigenvalue weighted by molar-refractivity contribution is -0.0756. The summed E-state index contributed by atoms with van der Waals surface area (Å²) in [5.41, 5.74) is 1.04. The molecule has 7 nitrogen and oxygen atoms in total. The molecule has 29 heavy (non-hydrogen) atoms. The molecular formula is C20H18F2N4O3. The van der Waals surface area contributed by atoms with E-state index in [1.165, 1.54) is 43.2 Å². The molecule has 0 unspecified atom stereocenters. The second kappa shape index (κ2) is 8.19. The predicted octanol–water partition coefficient (Wildman–Crippen LogP) is 3.25. The van der Waals surface area contributed by atoms with Gasteiger partial charge in [0.25, 0.3) is 11.8 Å². The summed E-state index contributed by atoms with van der Waals surface area (Å²) in [6.45, 7) is 0. The van der Waals surface area contributed by atoms with E-state index in [1.54, 1.807) is 19.2 Å². The lowest BCUT2D eigenvalue weighted by Crippen LogP contribution is -2.25. The van der Waals surface area contributed by atoms with E-state index in [4.69, 9.17) is 4.84 Å². The summed E-state index contributed by atoms with van der Waals surface area (Å²) in [5, 5.41) is 7.88. The van der Waals surface area contributed by atoms with Gasteiger partial charge in [0.15, 0.2) is 0 Å². The first-order chi connectivity index (χ1) is 13.8. The van der Waals surface area contributed by atoms with Gasteiger partial charge in [0.2, 0.25) is 0 Å². The van der Waals surface area contributed by atoms with Crippen molar-refractivity contribution in [1.82, 2.24) is 14.8 Å². The third-order valence-corrected chi connectivity index (χ3v) is 4.21. The summed E-state index contributed by atoms with van der Waals surface area (Å²) >= 11 is 0. The van der Waals surface area contributed by atoms with E-state index in [2.05, 4.69) is 10.4 Å². The Morgan fingerprint density at radius 2 is 1.83 bits per heavy atom. The van der Waals surface area contributed by atoms with Gasteiger partial charge < -0.3 is 5.32 Å². The maximum Gasteiger partial charge on any atom is 0.277 e. The van der Waals surface area contributed by atoms with Crippen LogP contribution in [0.15, 0.2) is 48.7 Å². The molecule has 0 bridgehead atoms. The topological polar surface area (TPSA) is 76.5 Å². The highest BCUT2D eigenvalue weighted by molar-refractivity contribution is 6.08. The molecule has 0 aliphatic heterocycles. The van der Waals surface area contributed by atoms with Crippen molar-refractivity contribution in [2.24, 2.45) is 7.05 Å². The van der Waals surface area contributed by atoms with Crippen LogP contribution in [0.3, 0.4) is 0 Å². The minimum atomic E-state index is -0.817. The highest BCUT2D eigenvalue weighted by atomic mass is 19.1. The number of hydroxylamine groups is 2. The summed E-state index contributed by atoms with van der Waals surface area (Å²) in [6, 6.07) is 9.26. The Balaban J connectivity index is 1.84. The summed E-state index contributed by atoms with van der Waals surface area (Å²) in [4.78, 5) is 29.6. The Labute approximate surface area is 165 Å². The van der Waals surface area contributed by atoms with Crippen LogP contribution < -0.4 is 5.32 Å². The van der Waals surface area contributed by atoms with Crippen LogP contribution in [0.5, 0.6) is 0 Å². The zero-order chi connectivity index (χ0) is 21.1. The summed E-state index contributed by atoms with van der Waals surface area (Å²) in [5.74, 6) is -2.40. The minimum absolute atomic E-state index is 0.0145. The second-order valence-electron chi connectivity index (χ2n) is 6.21.